The van der Waals surface area contributed by atoms with E-state index in [-0.39, 0.29) is 22.7 Å². The van der Waals surface area contributed by atoms with E-state index in [0.717, 1.165) is 47.8 Å². The molecular formula is C31H37ClFN5O2S. The molecule has 2 aromatic rings. The van der Waals surface area contributed by atoms with Crippen molar-refractivity contribution in [2.45, 2.75) is 59.5 Å². The van der Waals surface area contributed by atoms with Crippen LogP contribution in [-0.4, -0.2) is 47.9 Å². The third-order valence-electron chi connectivity index (χ3n) is 7.19. The molecule has 1 atom stereocenters. The van der Waals surface area contributed by atoms with Gasteiger partial charge in [0.1, 0.15) is 11.6 Å². The van der Waals surface area contributed by atoms with Gasteiger partial charge < -0.3 is 10.6 Å². The maximum atomic E-state index is 13.9. The highest BCUT2D eigenvalue weighted by Gasteiger charge is 2.34. The first-order valence-corrected chi connectivity index (χ1v) is 15.3. The summed E-state index contributed by atoms with van der Waals surface area (Å²) >= 11 is 7.47. The molecule has 0 radical (unpaired) electrons. The van der Waals surface area contributed by atoms with Crippen LogP contribution in [0, 0.1) is 5.82 Å². The fourth-order valence-electron chi connectivity index (χ4n) is 4.96. The van der Waals surface area contributed by atoms with Crippen molar-refractivity contribution < 1.29 is 14.0 Å². The quantitative estimate of drug-likeness (QED) is 0.281. The van der Waals surface area contributed by atoms with Gasteiger partial charge >= 0.3 is 6.03 Å². The molecule has 2 heterocycles. The highest BCUT2D eigenvalue weighted by Crippen LogP contribution is 2.38. The van der Waals surface area contributed by atoms with Gasteiger partial charge in [-0.05, 0) is 89.0 Å². The number of benzene rings is 2. The summed E-state index contributed by atoms with van der Waals surface area (Å²) in [5, 5.41) is 5.90. The second kappa shape index (κ2) is 14.2. The summed E-state index contributed by atoms with van der Waals surface area (Å²) in [5.41, 5.74) is 4.23. The summed E-state index contributed by atoms with van der Waals surface area (Å²) in [6.45, 7) is 10.9. The Bertz CT molecular complexity index is 1370. The van der Waals surface area contributed by atoms with Crippen LogP contribution >= 0.6 is 23.4 Å². The summed E-state index contributed by atoms with van der Waals surface area (Å²) in [6, 6.07) is 11.4. The Hall–Kier alpha value is -3.14. The fraction of sp³-hybridized carbons (Fsp3) is 0.387. The molecule has 218 valence electrons. The molecule has 10 heteroatoms. The van der Waals surface area contributed by atoms with Crippen LogP contribution in [0.2, 0.25) is 5.02 Å². The number of likely N-dealkylation sites (tertiary alicyclic amines) is 1. The van der Waals surface area contributed by atoms with Crippen LogP contribution in [0.4, 0.5) is 20.6 Å². The lowest BCUT2D eigenvalue weighted by Crippen LogP contribution is -2.50. The molecular weight excluding hydrogens is 561 g/mol. The third-order valence-corrected chi connectivity index (χ3v) is 8.75. The Labute approximate surface area is 250 Å². The molecule has 2 aromatic carbocycles. The van der Waals surface area contributed by atoms with Gasteiger partial charge in [-0.2, -0.15) is 0 Å². The minimum Gasteiger partial charge on any atom is -0.331 e. The molecule has 2 aliphatic heterocycles. The molecule has 1 saturated heterocycles. The number of rotatable bonds is 10. The van der Waals surface area contributed by atoms with E-state index in [4.69, 9.17) is 11.6 Å². The predicted molar refractivity (Wildman–Crippen MR) is 168 cm³/mol. The highest BCUT2D eigenvalue weighted by molar-refractivity contribution is 8.04. The lowest BCUT2D eigenvalue weighted by Gasteiger charge is -2.35. The van der Waals surface area contributed by atoms with Gasteiger partial charge in [0.25, 0.3) is 0 Å². The van der Waals surface area contributed by atoms with Gasteiger partial charge in [0.05, 0.1) is 22.5 Å². The van der Waals surface area contributed by atoms with Crippen molar-refractivity contribution in [2.75, 3.05) is 29.1 Å². The Morgan fingerprint density at radius 1 is 1.22 bits per heavy atom. The van der Waals surface area contributed by atoms with Gasteiger partial charge in [-0.3, -0.25) is 9.69 Å². The first kappa shape index (κ1) is 30.8. The summed E-state index contributed by atoms with van der Waals surface area (Å²) in [7, 11) is 0. The molecule has 3 amide bonds. The molecule has 0 aliphatic carbocycles. The lowest BCUT2D eigenvalue weighted by atomic mass is 10.0. The molecule has 1 fully saturated rings. The van der Waals surface area contributed by atoms with Crippen LogP contribution < -0.4 is 15.5 Å². The number of nitrogens with zero attached hydrogens (tertiary/aromatic N) is 3. The number of anilines is 2. The number of carbonyl (C=O) groups is 2. The summed E-state index contributed by atoms with van der Waals surface area (Å²) < 4.78 is 13.9. The molecule has 4 rings (SSSR count). The van der Waals surface area contributed by atoms with Gasteiger partial charge in [0.2, 0.25) is 5.91 Å². The smallest absolute Gasteiger partial charge is 0.328 e. The van der Waals surface area contributed by atoms with Crippen molar-refractivity contribution in [3.8, 4) is 0 Å². The molecule has 0 saturated carbocycles. The number of urea groups is 1. The lowest BCUT2D eigenvalue weighted by molar-refractivity contribution is -0.113. The van der Waals surface area contributed by atoms with E-state index in [0.29, 0.717) is 11.5 Å². The van der Waals surface area contributed by atoms with Crippen molar-refractivity contribution in [1.82, 2.24) is 10.2 Å². The van der Waals surface area contributed by atoms with Crippen molar-refractivity contribution in [3.63, 3.8) is 0 Å². The highest BCUT2D eigenvalue weighted by atomic mass is 35.5. The van der Waals surface area contributed by atoms with Gasteiger partial charge in [0, 0.05) is 28.9 Å². The number of nitrogens with one attached hydrogen (secondary N) is 2. The van der Waals surface area contributed by atoms with Crippen molar-refractivity contribution in [1.29, 1.82) is 0 Å². The van der Waals surface area contributed by atoms with Crippen LogP contribution in [0.5, 0.6) is 0 Å². The van der Waals surface area contributed by atoms with Crippen LogP contribution in [0.3, 0.4) is 0 Å². The maximum absolute atomic E-state index is 13.9. The van der Waals surface area contributed by atoms with E-state index < -0.39 is 11.8 Å². The van der Waals surface area contributed by atoms with E-state index in [1.54, 1.807) is 13.1 Å². The van der Waals surface area contributed by atoms with Gasteiger partial charge in [0.15, 0.2) is 0 Å². The number of allylic oxidation sites excluding steroid dienone is 1. The number of hydrogen-bond donors (Lipinski definition) is 2. The summed E-state index contributed by atoms with van der Waals surface area (Å²) in [6.07, 6.45) is 4.87. The van der Waals surface area contributed by atoms with Crippen molar-refractivity contribution in [3.05, 3.63) is 80.7 Å². The Morgan fingerprint density at radius 2 is 1.93 bits per heavy atom. The van der Waals surface area contributed by atoms with Gasteiger partial charge in [-0.1, -0.05) is 36.2 Å². The van der Waals surface area contributed by atoms with Crippen molar-refractivity contribution >= 4 is 52.9 Å². The van der Waals surface area contributed by atoms with E-state index in [1.807, 2.05) is 32.9 Å². The minimum absolute atomic E-state index is 0.0917. The van der Waals surface area contributed by atoms with Crippen molar-refractivity contribution in [2.24, 2.45) is 4.99 Å². The first-order chi connectivity index (χ1) is 19.7. The zero-order chi connectivity index (χ0) is 29.5. The first-order valence-electron chi connectivity index (χ1n) is 13.9. The normalized spacial score (nSPS) is 18.6. The summed E-state index contributed by atoms with van der Waals surface area (Å²) in [4.78, 5) is 35.5. The second-order valence-corrected chi connectivity index (χ2v) is 11.6. The average molecular weight is 598 g/mol. The van der Waals surface area contributed by atoms with E-state index in [1.165, 1.54) is 53.3 Å². The van der Waals surface area contributed by atoms with Crippen LogP contribution in [0.1, 0.15) is 52.5 Å². The Balaban J connectivity index is 1.56. The number of amides is 3. The Kier molecular flexibility index (Phi) is 10.6. The molecule has 0 bridgehead atoms. The summed E-state index contributed by atoms with van der Waals surface area (Å²) in [5.74, 6) is -0.107. The minimum atomic E-state index is -0.573. The SMILES string of the molecule is C/C=N\C1=C(C(SCC(=O)Nc2ccc(CN3CCCC3)cc2)=C(C)CC)C(C)NC(=O)N1c1ccc(F)c(Cl)c1. The van der Waals surface area contributed by atoms with Gasteiger partial charge in [-0.25, -0.2) is 19.1 Å². The number of thioether (sulfide) groups is 1. The molecule has 41 heavy (non-hydrogen) atoms. The Morgan fingerprint density at radius 3 is 2.56 bits per heavy atom. The molecule has 0 spiro atoms. The van der Waals surface area contributed by atoms with Crippen LogP contribution in [0.25, 0.3) is 0 Å². The molecule has 2 N–H and O–H groups in total. The number of halogens is 2. The standard InChI is InChI=1S/C31H37ClFN5O2S/c1-5-20(3)29(41-19-27(39)36-23-11-9-22(10-12-23)18-37-15-7-8-16-37)28-21(4)35-31(40)38(30(28)34-6-2)24-13-14-26(33)25(32)17-24/h6,9-14,17,21H,5,7-8,15-16,18-19H2,1-4H3,(H,35,40)(H,36,39)/b29-20?,34-6-. The van der Waals surface area contributed by atoms with E-state index in [2.05, 4.69) is 32.7 Å². The third kappa shape index (κ3) is 7.58. The topological polar surface area (TPSA) is 77.0 Å². The van der Waals surface area contributed by atoms with Crippen LogP contribution in [0.15, 0.2) is 69.3 Å². The predicted octanol–water partition coefficient (Wildman–Crippen LogP) is 7.35. The molecule has 2 aliphatic rings. The maximum Gasteiger partial charge on any atom is 0.328 e. The second-order valence-electron chi connectivity index (χ2n) is 10.2. The zero-order valence-electron chi connectivity index (χ0n) is 24.0. The number of hydrogen-bond acceptors (Lipinski definition) is 5. The fourth-order valence-corrected chi connectivity index (χ4v) is 6.30. The van der Waals surface area contributed by atoms with E-state index >= 15 is 0 Å². The average Bonchev–Trinajstić information content (AvgIpc) is 3.46. The molecule has 0 aromatic heterocycles. The zero-order valence-corrected chi connectivity index (χ0v) is 25.5. The van der Waals surface area contributed by atoms with E-state index in [9.17, 15) is 14.0 Å². The molecule has 1 unspecified atom stereocenters. The number of aliphatic imine (C=N–C) groups is 1. The molecule has 7 nitrogen and oxygen atoms in total. The number of carbonyl (C=O) groups excluding carboxylic acids is 2. The largest absolute Gasteiger partial charge is 0.331 e. The van der Waals surface area contributed by atoms with Gasteiger partial charge in [-0.15, -0.1) is 11.8 Å². The monoisotopic (exact) mass is 597 g/mol. The van der Waals surface area contributed by atoms with Crippen LogP contribution in [-0.2, 0) is 11.3 Å².